The van der Waals surface area contributed by atoms with Crippen molar-refractivity contribution in [3.05, 3.63) is 46.5 Å². The number of hydrogen-bond donors (Lipinski definition) is 1. The summed E-state index contributed by atoms with van der Waals surface area (Å²) >= 11 is 1.29. The number of amides is 1. The van der Waals surface area contributed by atoms with Crippen molar-refractivity contribution in [1.82, 2.24) is 4.98 Å². The summed E-state index contributed by atoms with van der Waals surface area (Å²) in [4.78, 5) is 27.8. The quantitative estimate of drug-likeness (QED) is 0.789. The molecule has 0 fully saturated rings. The molecule has 1 aromatic carbocycles. The lowest BCUT2D eigenvalue weighted by Crippen LogP contribution is -2.12. The monoisotopic (exact) mass is 332 g/mol. The summed E-state index contributed by atoms with van der Waals surface area (Å²) in [5.41, 5.74) is 2.41. The van der Waals surface area contributed by atoms with E-state index in [4.69, 9.17) is 4.74 Å². The zero-order valence-electron chi connectivity index (χ0n) is 13.3. The molecular formula is C17H20N2O3S. The third kappa shape index (κ3) is 5.17. The second-order valence-corrected chi connectivity index (χ2v) is 5.88. The first-order chi connectivity index (χ1) is 11.1. The highest BCUT2D eigenvalue weighted by molar-refractivity contribution is 7.14. The van der Waals surface area contributed by atoms with E-state index < -0.39 is 0 Å². The SMILES string of the molecule is CCCc1ccc(C(=O)Nc2nc(CC(=O)OCC)cs2)cc1. The van der Waals surface area contributed by atoms with Gasteiger partial charge in [-0.25, -0.2) is 4.98 Å². The van der Waals surface area contributed by atoms with Gasteiger partial charge in [0.2, 0.25) is 0 Å². The minimum absolute atomic E-state index is 0.117. The van der Waals surface area contributed by atoms with Gasteiger partial charge in [0.05, 0.1) is 18.7 Å². The molecule has 23 heavy (non-hydrogen) atoms. The molecule has 1 amide bonds. The van der Waals surface area contributed by atoms with E-state index in [1.54, 1.807) is 12.3 Å². The Morgan fingerprint density at radius 3 is 2.61 bits per heavy atom. The molecule has 0 unspecified atom stereocenters. The van der Waals surface area contributed by atoms with Crippen LogP contribution in [0.2, 0.25) is 0 Å². The predicted octanol–water partition coefficient (Wildman–Crippen LogP) is 3.45. The van der Waals surface area contributed by atoms with Crippen LogP contribution in [0.4, 0.5) is 5.13 Å². The fourth-order valence-corrected chi connectivity index (χ4v) is 2.79. The number of thiazole rings is 1. The van der Waals surface area contributed by atoms with Crippen molar-refractivity contribution in [2.24, 2.45) is 0 Å². The molecule has 0 bridgehead atoms. The van der Waals surface area contributed by atoms with Crippen molar-refractivity contribution >= 4 is 28.3 Å². The summed E-state index contributed by atoms with van der Waals surface area (Å²) in [5.74, 6) is -0.521. The standard InChI is InChI=1S/C17H20N2O3S/c1-3-5-12-6-8-13(9-7-12)16(21)19-17-18-14(11-23-17)10-15(20)22-4-2/h6-9,11H,3-5,10H2,1-2H3,(H,18,19,21). The maximum atomic E-state index is 12.2. The smallest absolute Gasteiger partial charge is 0.311 e. The molecule has 0 atom stereocenters. The van der Waals surface area contributed by atoms with Crippen LogP contribution in [-0.2, 0) is 22.4 Å². The zero-order chi connectivity index (χ0) is 16.7. The van der Waals surface area contributed by atoms with Crippen LogP contribution in [0.3, 0.4) is 0 Å². The molecule has 2 aromatic rings. The summed E-state index contributed by atoms with van der Waals surface area (Å²) < 4.78 is 4.87. The highest BCUT2D eigenvalue weighted by atomic mass is 32.1. The van der Waals surface area contributed by atoms with Crippen molar-refractivity contribution in [1.29, 1.82) is 0 Å². The van der Waals surface area contributed by atoms with Gasteiger partial charge in [0.15, 0.2) is 5.13 Å². The molecule has 0 aliphatic rings. The molecule has 0 aliphatic carbocycles. The first-order valence-corrected chi connectivity index (χ1v) is 8.50. The molecule has 122 valence electrons. The summed E-state index contributed by atoms with van der Waals surface area (Å²) in [6, 6.07) is 7.56. The maximum Gasteiger partial charge on any atom is 0.311 e. The summed E-state index contributed by atoms with van der Waals surface area (Å²) in [7, 11) is 0. The van der Waals surface area contributed by atoms with Gasteiger partial charge in [0, 0.05) is 10.9 Å². The van der Waals surface area contributed by atoms with Gasteiger partial charge in [0.25, 0.3) is 5.91 Å². The van der Waals surface area contributed by atoms with E-state index in [9.17, 15) is 9.59 Å². The second kappa shape index (κ2) is 8.43. The van der Waals surface area contributed by atoms with Crippen LogP contribution < -0.4 is 5.32 Å². The van der Waals surface area contributed by atoms with E-state index in [2.05, 4.69) is 17.2 Å². The first-order valence-electron chi connectivity index (χ1n) is 7.62. The number of carbonyl (C=O) groups excluding carboxylic acids is 2. The van der Waals surface area contributed by atoms with E-state index in [0.717, 1.165) is 12.8 Å². The number of nitrogens with zero attached hydrogens (tertiary/aromatic N) is 1. The lowest BCUT2D eigenvalue weighted by atomic mass is 10.1. The normalized spacial score (nSPS) is 10.3. The topological polar surface area (TPSA) is 68.3 Å². The third-order valence-corrected chi connectivity index (χ3v) is 3.96. The molecule has 6 heteroatoms. The number of ether oxygens (including phenoxy) is 1. The Kier molecular flexibility index (Phi) is 6.29. The van der Waals surface area contributed by atoms with E-state index in [0.29, 0.717) is 23.0 Å². The van der Waals surface area contributed by atoms with Gasteiger partial charge in [-0.1, -0.05) is 25.5 Å². The Hall–Kier alpha value is -2.21. The highest BCUT2D eigenvalue weighted by Gasteiger charge is 2.11. The van der Waals surface area contributed by atoms with Crippen LogP contribution in [-0.4, -0.2) is 23.5 Å². The molecule has 0 radical (unpaired) electrons. The Morgan fingerprint density at radius 2 is 1.96 bits per heavy atom. The number of aryl methyl sites for hydroxylation is 1. The number of benzene rings is 1. The number of anilines is 1. The molecule has 0 spiro atoms. The fraction of sp³-hybridized carbons (Fsp3) is 0.353. The Morgan fingerprint density at radius 1 is 1.22 bits per heavy atom. The van der Waals surface area contributed by atoms with Crippen molar-refractivity contribution < 1.29 is 14.3 Å². The van der Waals surface area contributed by atoms with Crippen molar-refractivity contribution in [3.63, 3.8) is 0 Å². The van der Waals surface area contributed by atoms with Gasteiger partial charge in [0.1, 0.15) is 0 Å². The Labute approximate surface area is 139 Å². The summed E-state index contributed by atoms with van der Waals surface area (Å²) in [6.07, 6.45) is 2.20. The molecule has 1 heterocycles. The number of rotatable bonds is 7. The Bertz CT molecular complexity index is 665. The van der Waals surface area contributed by atoms with Crippen molar-refractivity contribution in [2.75, 3.05) is 11.9 Å². The number of hydrogen-bond acceptors (Lipinski definition) is 5. The van der Waals surface area contributed by atoms with Gasteiger partial charge in [-0.3, -0.25) is 14.9 Å². The lowest BCUT2D eigenvalue weighted by Gasteiger charge is -2.03. The molecular weight excluding hydrogens is 312 g/mol. The van der Waals surface area contributed by atoms with E-state index in [1.807, 2.05) is 24.3 Å². The van der Waals surface area contributed by atoms with E-state index in [1.165, 1.54) is 16.9 Å². The molecule has 5 nitrogen and oxygen atoms in total. The average molecular weight is 332 g/mol. The van der Waals surface area contributed by atoms with Crippen molar-refractivity contribution in [3.8, 4) is 0 Å². The number of esters is 1. The molecule has 1 N–H and O–H groups in total. The van der Waals surface area contributed by atoms with Gasteiger partial charge in [-0.2, -0.15) is 0 Å². The minimum Gasteiger partial charge on any atom is -0.466 e. The molecule has 2 rings (SSSR count). The number of carbonyl (C=O) groups is 2. The first kappa shape index (κ1) is 17.1. The van der Waals surface area contributed by atoms with Crippen LogP contribution >= 0.6 is 11.3 Å². The predicted molar refractivity (Wildman–Crippen MR) is 90.8 cm³/mol. The van der Waals surface area contributed by atoms with Gasteiger partial charge in [-0.05, 0) is 31.0 Å². The average Bonchev–Trinajstić information content (AvgIpc) is 2.95. The highest BCUT2D eigenvalue weighted by Crippen LogP contribution is 2.17. The third-order valence-electron chi connectivity index (χ3n) is 3.16. The molecule has 0 saturated carbocycles. The Balaban J connectivity index is 1.95. The largest absolute Gasteiger partial charge is 0.466 e. The van der Waals surface area contributed by atoms with Crippen LogP contribution in [0, 0.1) is 0 Å². The number of nitrogens with one attached hydrogen (secondary N) is 1. The van der Waals surface area contributed by atoms with Crippen molar-refractivity contribution in [2.45, 2.75) is 33.1 Å². The van der Waals surface area contributed by atoms with Crippen LogP contribution in [0.25, 0.3) is 0 Å². The van der Waals surface area contributed by atoms with Crippen LogP contribution in [0.1, 0.15) is 41.9 Å². The minimum atomic E-state index is -0.317. The van der Waals surface area contributed by atoms with Gasteiger partial charge in [-0.15, -0.1) is 11.3 Å². The van der Waals surface area contributed by atoms with E-state index >= 15 is 0 Å². The van der Waals surface area contributed by atoms with Gasteiger partial charge < -0.3 is 4.74 Å². The van der Waals surface area contributed by atoms with Crippen LogP contribution in [0.5, 0.6) is 0 Å². The maximum absolute atomic E-state index is 12.2. The fourth-order valence-electron chi connectivity index (χ4n) is 2.09. The summed E-state index contributed by atoms with van der Waals surface area (Å²) in [6.45, 7) is 4.23. The second-order valence-electron chi connectivity index (χ2n) is 5.03. The van der Waals surface area contributed by atoms with Gasteiger partial charge >= 0.3 is 5.97 Å². The molecule has 1 aromatic heterocycles. The summed E-state index contributed by atoms with van der Waals surface area (Å²) in [5, 5.41) is 4.98. The van der Waals surface area contributed by atoms with E-state index in [-0.39, 0.29) is 18.3 Å². The zero-order valence-corrected chi connectivity index (χ0v) is 14.1. The number of aromatic nitrogens is 1. The lowest BCUT2D eigenvalue weighted by molar-refractivity contribution is -0.142. The molecule has 0 aliphatic heterocycles. The van der Waals surface area contributed by atoms with Crippen LogP contribution in [0.15, 0.2) is 29.6 Å². The molecule has 0 saturated heterocycles.